The summed E-state index contributed by atoms with van der Waals surface area (Å²) in [6.07, 6.45) is 1.51. The van der Waals surface area contributed by atoms with Gasteiger partial charge < -0.3 is 4.74 Å². The molecule has 1 saturated carbocycles. The second-order valence-corrected chi connectivity index (χ2v) is 6.44. The Kier molecular flexibility index (Phi) is 4.26. The van der Waals surface area contributed by atoms with Crippen molar-refractivity contribution in [3.8, 4) is 0 Å². The number of ether oxygens (including phenoxy) is 1. The summed E-state index contributed by atoms with van der Waals surface area (Å²) in [4.78, 5) is 24.1. The Bertz CT molecular complexity index is 485. The molecular formula is C17H22O3. The van der Waals surface area contributed by atoms with Gasteiger partial charge in [0.15, 0.2) is 0 Å². The van der Waals surface area contributed by atoms with Gasteiger partial charge >= 0.3 is 5.97 Å². The molecule has 1 fully saturated rings. The summed E-state index contributed by atoms with van der Waals surface area (Å²) in [7, 11) is 0. The molecule has 20 heavy (non-hydrogen) atoms. The molecule has 0 spiro atoms. The van der Waals surface area contributed by atoms with Crippen molar-refractivity contribution < 1.29 is 14.3 Å². The monoisotopic (exact) mass is 274 g/mol. The van der Waals surface area contributed by atoms with E-state index in [1.54, 1.807) is 0 Å². The zero-order valence-corrected chi connectivity index (χ0v) is 12.4. The van der Waals surface area contributed by atoms with Crippen LogP contribution in [0.4, 0.5) is 0 Å². The fraction of sp³-hybridized carbons (Fsp3) is 0.529. The number of ketones is 1. The predicted octanol–water partition coefficient (Wildman–Crippen LogP) is 3.48. The minimum absolute atomic E-state index is 0.0488. The lowest BCUT2D eigenvalue weighted by Gasteiger charge is -2.32. The number of esters is 1. The Hall–Kier alpha value is -1.64. The number of Topliss-reactive ketones (excluding diaryl/α,β-unsaturated/α-hetero) is 1. The molecule has 0 unspecified atom stereocenters. The number of carbonyl (C=O) groups excluding carboxylic acids is 2. The summed E-state index contributed by atoms with van der Waals surface area (Å²) < 4.78 is 5.51. The highest BCUT2D eigenvalue weighted by atomic mass is 16.6. The van der Waals surface area contributed by atoms with E-state index < -0.39 is 5.60 Å². The summed E-state index contributed by atoms with van der Waals surface area (Å²) in [5, 5.41) is 0. The molecule has 0 aromatic heterocycles. The average Bonchev–Trinajstić information content (AvgIpc) is 2.37. The van der Waals surface area contributed by atoms with Gasteiger partial charge in [0.2, 0.25) is 0 Å². The highest BCUT2D eigenvalue weighted by molar-refractivity contribution is 5.84. The summed E-state index contributed by atoms with van der Waals surface area (Å²) in [5.74, 6) is -0.209. The molecular weight excluding hydrogens is 252 g/mol. The zero-order chi connectivity index (χ0) is 14.8. The van der Waals surface area contributed by atoms with Crippen LogP contribution in [-0.2, 0) is 14.3 Å². The van der Waals surface area contributed by atoms with Gasteiger partial charge in [-0.25, -0.2) is 0 Å². The number of carbonyl (C=O) groups is 2. The van der Waals surface area contributed by atoms with Gasteiger partial charge in [0.25, 0.3) is 0 Å². The third-order valence-electron chi connectivity index (χ3n) is 3.60. The topological polar surface area (TPSA) is 43.4 Å². The van der Waals surface area contributed by atoms with Crippen molar-refractivity contribution >= 4 is 11.8 Å². The quantitative estimate of drug-likeness (QED) is 0.775. The van der Waals surface area contributed by atoms with E-state index in [0.29, 0.717) is 19.3 Å². The average molecular weight is 274 g/mol. The fourth-order valence-corrected chi connectivity index (χ4v) is 2.72. The molecule has 1 aliphatic carbocycles. The number of benzene rings is 1. The van der Waals surface area contributed by atoms with E-state index in [9.17, 15) is 9.59 Å². The first-order valence-corrected chi connectivity index (χ1v) is 7.16. The first-order valence-electron chi connectivity index (χ1n) is 7.16. The fourth-order valence-electron chi connectivity index (χ4n) is 2.72. The number of rotatable bonds is 2. The lowest BCUT2D eigenvalue weighted by Crippen LogP contribution is -2.35. The van der Waals surface area contributed by atoms with Gasteiger partial charge in [-0.3, -0.25) is 9.59 Å². The first-order chi connectivity index (χ1) is 9.37. The van der Waals surface area contributed by atoms with Gasteiger partial charge in [0, 0.05) is 18.8 Å². The van der Waals surface area contributed by atoms with Gasteiger partial charge in [0.1, 0.15) is 11.4 Å². The van der Waals surface area contributed by atoms with Crippen LogP contribution >= 0.6 is 0 Å². The third-order valence-corrected chi connectivity index (χ3v) is 3.60. The second-order valence-electron chi connectivity index (χ2n) is 6.44. The third kappa shape index (κ3) is 3.69. The second kappa shape index (κ2) is 5.78. The van der Waals surface area contributed by atoms with Crippen molar-refractivity contribution in [3.63, 3.8) is 0 Å². The van der Waals surface area contributed by atoms with Crippen LogP contribution in [0.15, 0.2) is 30.3 Å². The van der Waals surface area contributed by atoms with Crippen LogP contribution in [0.2, 0.25) is 0 Å². The van der Waals surface area contributed by atoms with Crippen LogP contribution in [0.3, 0.4) is 0 Å². The molecule has 1 aromatic carbocycles. The molecule has 2 rings (SSSR count). The van der Waals surface area contributed by atoms with E-state index in [1.165, 1.54) is 0 Å². The van der Waals surface area contributed by atoms with E-state index in [0.717, 1.165) is 5.56 Å². The Morgan fingerprint density at radius 1 is 1.20 bits per heavy atom. The van der Waals surface area contributed by atoms with Gasteiger partial charge in [0.05, 0.1) is 5.92 Å². The van der Waals surface area contributed by atoms with E-state index >= 15 is 0 Å². The zero-order valence-electron chi connectivity index (χ0n) is 12.4. The normalized spacial score (nSPS) is 23.4. The molecule has 0 amide bonds. The van der Waals surface area contributed by atoms with Gasteiger partial charge in [-0.2, -0.15) is 0 Å². The van der Waals surface area contributed by atoms with Crippen molar-refractivity contribution in [2.45, 2.75) is 51.6 Å². The molecule has 2 atom stereocenters. The smallest absolute Gasteiger partial charge is 0.310 e. The Morgan fingerprint density at radius 2 is 1.85 bits per heavy atom. The van der Waals surface area contributed by atoms with Crippen molar-refractivity contribution in [3.05, 3.63) is 35.9 Å². The highest BCUT2D eigenvalue weighted by Crippen LogP contribution is 2.37. The molecule has 0 aliphatic heterocycles. The van der Waals surface area contributed by atoms with Crippen LogP contribution in [-0.4, -0.2) is 17.4 Å². The molecule has 0 bridgehead atoms. The molecule has 0 N–H and O–H groups in total. The predicted molar refractivity (Wildman–Crippen MR) is 77.4 cm³/mol. The minimum Gasteiger partial charge on any atom is -0.460 e. The number of hydrogen-bond acceptors (Lipinski definition) is 3. The minimum atomic E-state index is -0.486. The van der Waals surface area contributed by atoms with Crippen molar-refractivity contribution in [1.29, 1.82) is 0 Å². The number of hydrogen-bond donors (Lipinski definition) is 0. The van der Waals surface area contributed by atoms with Crippen LogP contribution in [0.5, 0.6) is 0 Å². The Balaban J connectivity index is 2.21. The van der Waals surface area contributed by atoms with Crippen molar-refractivity contribution in [2.24, 2.45) is 5.92 Å². The first kappa shape index (κ1) is 14.8. The van der Waals surface area contributed by atoms with Crippen LogP contribution in [0.25, 0.3) is 0 Å². The summed E-state index contributed by atoms with van der Waals surface area (Å²) in [6, 6.07) is 9.80. The molecule has 0 radical (unpaired) electrons. The Labute approximate surface area is 120 Å². The molecule has 1 aliphatic rings. The highest BCUT2D eigenvalue weighted by Gasteiger charge is 2.37. The van der Waals surface area contributed by atoms with Gasteiger partial charge in [-0.1, -0.05) is 30.3 Å². The molecule has 108 valence electrons. The standard InChI is InChI=1S/C17H22O3/c1-17(2,3)20-16(19)14-10-9-13(18)11-15(14)12-7-5-4-6-8-12/h4-8,14-15H,9-11H2,1-3H3/t14-,15+/m1/s1. The van der Waals surface area contributed by atoms with Crippen LogP contribution < -0.4 is 0 Å². The van der Waals surface area contributed by atoms with E-state index in [2.05, 4.69) is 0 Å². The maximum atomic E-state index is 12.4. The van der Waals surface area contributed by atoms with Crippen molar-refractivity contribution in [1.82, 2.24) is 0 Å². The summed E-state index contributed by atoms with van der Waals surface area (Å²) >= 11 is 0. The van der Waals surface area contributed by atoms with Gasteiger partial charge in [-0.15, -0.1) is 0 Å². The largest absolute Gasteiger partial charge is 0.460 e. The van der Waals surface area contributed by atoms with Gasteiger partial charge in [-0.05, 0) is 32.8 Å². The molecule has 3 heteroatoms. The lowest BCUT2D eigenvalue weighted by atomic mass is 9.75. The summed E-state index contributed by atoms with van der Waals surface area (Å²) in [6.45, 7) is 5.61. The van der Waals surface area contributed by atoms with Crippen LogP contribution in [0, 0.1) is 5.92 Å². The van der Waals surface area contributed by atoms with E-state index in [4.69, 9.17) is 4.74 Å². The molecule has 3 nitrogen and oxygen atoms in total. The maximum Gasteiger partial charge on any atom is 0.310 e. The lowest BCUT2D eigenvalue weighted by molar-refractivity contribution is -0.162. The van der Waals surface area contributed by atoms with E-state index in [-0.39, 0.29) is 23.6 Å². The summed E-state index contributed by atoms with van der Waals surface area (Å²) in [5.41, 5.74) is 0.566. The maximum absolute atomic E-state index is 12.4. The molecule has 0 heterocycles. The van der Waals surface area contributed by atoms with E-state index in [1.807, 2.05) is 51.1 Å². The van der Waals surface area contributed by atoms with Crippen molar-refractivity contribution in [2.75, 3.05) is 0 Å². The Morgan fingerprint density at radius 3 is 2.45 bits per heavy atom. The SMILES string of the molecule is CC(C)(C)OC(=O)[C@@H]1CCC(=O)C[C@H]1c1ccccc1. The molecule has 1 aromatic rings. The molecule has 0 saturated heterocycles. The van der Waals surface area contributed by atoms with Crippen LogP contribution in [0.1, 0.15) is 51.5 Å².